The van der Waals surface area contributed by atoms with Crippen LogP contribution in [0.15, 0.2) is 66.2 Å². The zero-order chi connectivity index (χ0) is 25.0. The quantitative estimate of drug-likeness (QED) is 0.444. The normalized spacial score (nSPS) is 15.3. The molecule has 33 heavy (non-hydrogen) atoms. The van der Waals surface area contributed by atoms with Crippen LogP contribution in [0.25, 0.3) is 10.9 Å². The molecular weight excluding hydrogens is 400 g/mol. The van der Waals surface area contributed by atoms with Crippen LogP contribution in [0.4, 0.5) is 0 Å². The van der Waals surface area contributed by atoms with Crippen molar-refractivity contribution in [1.29, 1.82) is 0 Å². The third kappa shape index (κ3) is 8.25. The molecule has 1 aromatic carbocycles. The highest BCUT2D eigenvalue weighted by Gasteiger charge is 2.27. The molecule has 0 spiro atoms. The SMILES string of the molecule is C=C(NC1=CC(C)=CCC1(C)C)C(CC)n1cc(C)c2ccccc21.CCCC.CCCC. The van der Waals surface area contributed by atoms with E-state index in [4.69, 9.17) is 0 Å². The average molecular weight is 451 g/mol. The minimum Gasteiger partial charge on any atom is -0.361 e. The van der Waals surface area contributed by atoms with Gasteiger partial charge in [-0.1, -0.05) is 111 Å². The number of hydrogen-bond donors (Lipinski definition) is 1. The summed E-state index contributed by atoms with van der Waals surface area (Å²) in [5.74, 6) is 0. The minimum absolute atomic E-state index is 0.120. The summed E-state index contributed by atoms with van der Waals surface area (Å²) in [5, 5.41) is 4.99. The van der Waals surface area contributed by atoms with Gasteiger partial charge >= 0.3 is 0 Å². The summed E-state index contributed by atoms with van der Waals surface area (Å²) in [6.07, 6.45) is 14.2. The predicted molar refractivity (Wildman–Crippen MR) is 150 cm³/mol. The number of aromatic nitrogens is 1. The van der Waals surface area contributed by atoms with Crippen molar-refractivity contribution in [2.75, 3.05) is 0 Å². The number of aryl methyl sites for hydroxylation is 1. The van der Waals surface area contributed by atoms with E-state index in [1.165, 1.54) is 53.4 Å². The number of hydrogen-bond acceptors (Lipinski definition) is 1. The van der Waals surface area contributed by atoms with Crippen LogP contribution in [-0.2, 0) is 0 Å². The maximum absolute atomic E-state index is 4.41. The van der Waals surface area contributed by atoms with Crippen LogP contribution in [0.5, 0.6) is 0 Å². The molecule has 2 aromatic rings. The third-order valence-corrected chi connectivity index (χ3v) is 6.40. The van der Waals surface area contributed by atoms with Gasteiger partial charge in [0.05, 0.1) is 6.04 Å². The van der Waals surface area contributed by atoms with Crippen molar-refractivity contribution in [3.63, 3.8) is 0 Å². The van der Waals surface area contributed by atoms with Crippen molar-refractivity contribution in [3.8, 4) is 0 Å². The summed E-state index contributed by atoms with van der Waals surface area (Å²) in [6.45, 7) is 24.3. The van der Waals surface area contributed by atoms with Gasteiger partial charge < -0.3 is 9.88 Å². The van der Waals surface area contributed by atoms with E-state index in [9.17, 15) is 0 Å². The Morgan fingerprint density at radius 2 is 1.58 bits per heavy atom. The van der Waals surface area contributed by atoms with E-state index in [0.717, 1.165) is 18.5 Å². The molecule has 1 N–H and O–H groups in total. The van der Waals surface area contributed by atoms with Gasteiger partial charge in [-0.05, 0) is 44.4 Å². The van der Waals surface area contributed by atoms with E-state index in [-0.39, 0.29) is 11.5 Å². The topological polar surface area (TPSA) is 17.0 Å². The molecule has 2 nitrogen and oxygen atoms in total. The van der Waals surface area contributed by atoms with E-state index >= 15 is 0 Å². The Kier molecular flexibility index (Phi) is 12.3. The molecule has 1 aromatic heterocycles. The molecule has 0 fully saturated rings. The number of unbranched alkanes of at least 4 members (excludes halogenated alkanes) is 2. The first-order valence-corrected chi connectivity index (χ1v) is 13.1. The van der Waals surface area contributed by atoms with Crippen LogP contribution in [0.1, 0.15) is 106 Å². The van der Waals surface area contributed by atoms with Crippen molar-refractivity contribution in [2.24, 2.45) is 5.41 Å². The summed E-state index contributed by atoms with van der Waals surface area (Å²) < 4.78 is 2.37. The lowest BCUT2D eigenvalue weighted by Crippen LogP contribution is -2.30. The highest BCUT2D eigenvalue weighted by Crippen LogP contribution is 2.36. The number of benzene rings is 1. The summed E-state index contributed by atoms with van der Waals surface area (Å²) in [6, 6.07) is 8.86. The third-order valence-electron chi connectivity index (χ3n) is 6.40. The van der Waals surface area contributed by atoms with Gasteiger partial charge in [-0.25, -0.2) is 0 Å². The van der Waals surface area contributed by atoms with Crippen molar-refractivity contribution in [3.05, 3.63) is 71.7 Å². The van der Waals surface area contributed by atoms with Gasteiger partial charge in [0.1, 0.15) is 0 Å². The molecule has 0 saturated carbocycles. The summed E-state index contributed by atoms with van der Waals surface area (Å²) in [5.41, 5.74) is 6.38. The molecule has 0 amide bonds. The number of nitrogens with one attached hydrogen (secondary N) is 1. The lowest BCUT2D eigenvalue weighted by Gasteiger charge is -2.33. The molecule has 1 aliphatic rings. The molecule has 1 aliphatic carbocycles. The van der Waals surface area contributed by atoms with Gasteiger partial charge in [-0.3, -0.25) is 0 Å². The fourth-order valence-electron chi connectivity index (χ4n) is 3.72. The monoisotopic (exact) mass is 450 g/mol. The molecule has 1 heterocycles. The van der Waals surface area contributed by atoms with Crippen LogP contribution < -0.4 is 5.32 Å². The number of allylic oxidation sites excluding steroid dienone is 5. The first kappa shape index (κ1) is 28.8. The molecule has 0 aliphatic heterocycles. The molecule has 0 saturated heterocycles. The van der Waals surface area contributed by atoms with Gasteiger partial charge in [-0.15, -0.1) is 0 Å². The largest absolute Gasteiger partial charge is 0.361 e. The van der Waals surface area contributed by atoms with Crippen molar-refractivity contribution < 1.29 is 0 Å². The molecular formula is C31H50N2. The van der Waals surface area contributed by atoms with Gasteiger partial charge in [-0.2, -0.15) is 0 Å². The second kappa shape index (κ2) is 14.1. The Morgan fingerprint density at radius 1 is 1.00 bits per heavy atom. The average Bonchev–Trinajstić information content (AvgIpc) is 3.14. The van der Waals surface area contributed by atoms with Crippen molar-refractivity contribution >= 4 is 10.9 Å². The van der Waals surface area contributed by atoms with E-state index in [2.05, 4.69) is 121 Å². The van der Waals surface area contributed by atoms with Crippen molar-refractivity contribution in [2.45, 2.75) is 107 Å². The molecule has 3 rings (SSSR count). The lowest BCUT2D eigenvalue weighted by atomic mass is 9.80. The van der Waals surface area contributed by atoms with E-state index < -0.39 is 0 Å². The summed E-state index contributed by atoms with van der Waals surface area (Å²) in [7, 11) is 0. The van der Waals surface area contributed by atoms with Crippen LogP contribution >= 0.6 is 0 Å². The number of fused-ring (bicyclic) bond motifs is 1. The number of para-hydroxylation sites is 1. The molecule has 0 radical (unpaired) electrons. The second-order valence-corrected chi connectivity index (χ2v) is 9.90. The number of nitrogens with zero attached hydrogens (tertiary/aromatic N) is 1. The van der Waals surface area contributed by atoms with Gasteiger partial charge in [0, 0.05) is 33.9 Å². The Balaban J connectivity index is 0.000000591. The highest BCUT2D eigenvalue weighted by molar-refractivity contribution is 5.83. The molecule has 1 atom stereocenters. The second-order valence-electron chi connectivity index (χ2n) is 9.90. The fourth-order valence-corrected chi connectivity index (χ4v) is 3.72. The zero-order valence-corrected chi connectivity index (χ0v) is 23.0. The molecule has 0 bridgehead atoms. The summed E-state index contributed by atoms with van der Waals surface area (Å²) in [4.78, 5) is 0. The standard InChI is InChI=1S/C23H30N2.2C4H10/c1-7-20(25-15-17(3)19-10-8-9-11-21(19)25)18(4)24-22-14-16(2)12-13-23(22,5)6;2*1-3-4-2/h8-12,14-15,20,24H,4,7,13H2,1-3,5-6H3;2*3-4H2,1-2H3. The summed E-state index contributed by atoms with van der Waals surface area (Å²) >= 11 is 0. The van der Waals surface area contributed by atoms with E-state index in [0.29, 0.717) is 0 Å². The van der Waals surface area contributed by atoms with E-state index in [1.54, 1.807) is 0 Å². The lowest BCUT2D eigenvalue weighted by molar-refractivity contribution is 0.411. The van der Waals surface area contributed by atoms with Gasteiger partial charge in [0.15, 0.2) is 0 Å². The van der Waals surface area contributed by atoms with Gasteiger partial charge in [0.2, 0.25) is 0 Å². The minimum atomic E-state index is 0.120. The first-order chi connectivity index (χ1) is 15.7. The smallest absolute Gasteiger partial charge is 0.0726 e. The first-order valence-electron chi connectivity index (χ1n) is 13.1. The van der Waals surface area contributed by atoms with E-state index in [1.807, 2.05) is 0 Å². The predicted octanol–water partition coefficient (Wildman–Crippen LogP) is 9.88. The Hall–Kier alpha value is -2.22. The van der Waals surface area contributed by atoms with Crippen LogP contribution in [0.3, 0.4) is 0 Å². The van der Waals surface area contributed by atoms with Crippen molar-refractivity contribution in [1.82, 2.24) is 9.88 Å². The van der Waals surface area contributed by atoms with Crippen LogP contribution in [-0.4, -0.2) is 4.57 Å². The maximum atomic E-state index is 4.41. The Morgan fingerprint density at radius 3 is 2.12 bits per heavy atom. The van der Waals surface area contributed by atoms with Crippen LogP contribution in [0.2, 0.25) is 0 Å². The molecule has 2 heteroatoms. The Labute approximate surface area is 204 Å². The fraction of sp³-hybridized carbons (Fsp3) is 0.548. The molecule has 1 unspecified atom stereocenters. The maximum Gasteiger partial charge on any atom is 0.0726 e. The van der Waals surface area contributed by atoms with Gasteiger partial charge in [0.25, 0.3) is 0 Å². The molecule has 184 valence electrons. The van der Waals surface area contributed by atoms with Crippen LogP contribution in [0, 0.1) is 12.3 Å². The Bertz CT molecular complexity index is 916. The zero-order valence-electron chi connectivity index (χ0n) is 23.0. The number of rotatable bonds is 7. The highest BCUT2D eigenvalue weighted by atomic mass is 15.1.